The summed E-state index contributed by atoms with van der Waals surface area (Å²) in [7, 11) is 0. The molecule has 1 aliphatic heterocycles. The Bertz CT molecular complexity index is 782. The van der Waals surface area contributed by atoms with Crippen molar-refractivity contribution in [2.75, 3.05) is 13.1 Å². The molecule has 1 atom stereocenters. The highest BCUT2D eigenvalue weighted by Gasteiger charge is 2.31. The van der Waals surface area contributed by atoms with Crippen molar-refractivity contribution in [3.63, 3.8) is 0 Å². The van der Waals surface area contributed by atoms with E-state index in [1.54, 1.807) is 17.9 Å². The van der Waals surface area contributed by atoms with Gasteiger partial charge in [0.2, 0.25) is 0 Å². The number of H-pyrrole nitrogens is 2. The monoisotopic (exact) mass is 365 g/mol. The molecule has 8 heteroatoms. The Labute approximate surface area is 135 Å². The summed E-state index contributed by atoms with van der Waals surface area (Å²) in [5.74, 6) is 1.61. The highest BCUT2D eigenvalue weighted by atomic mass is 79.9. The van der Waals surface area contributed by atoms with Gasteiger partial charge >= 0.3 is 0 Å². The van der Waals surface area contributed by atoms with Crippen molar-refractivity contribution < 1.29 is 4.79 Å². The Morgan fingerprint density at radius 1 is 1.45 bits per heavy atom. The fourth-order valence-corrected chi connectivity index (χ4v) is 3.02. The first kappa shape index (κ1) is 15.0. The van der Waals surface area contributed by atoms with Crippen molar-refractivity contribution in [2.45, 2.75) is 26.2 Å². The van der Waals surface area contributed by atoms with E-state index in [4.69, 9.17) is 0 Å². The summed E-state index contributed by atoms with van der Waals surface area (Å²) >= 11 is 3.17. The van der Waals surface area contributed by atoms with Crippen LogP contribution in [0.1, 0.15) is 40.0 Å². The summed E-state index contributed by atoms with van der Waals surface area (Å²) < 4.78 is 0.363. The number of aromatic nitrogens is 4. The number of nitrogens with zero attached hydrogens (tertiary/aromatic N) is 3. The Kier molecular flexibility index (Phi) is 3.86. The molecule has 22 heavy (non-hydrogen) atoms. The minimum atomic E-state index is -0.232. The summed E-state index contributed by atoms with van der Waals surface area (Å²) in [6, 6.07) is 1.58. The van der Waals surface area contributed by atoms with E-state index in [0.29, 0.717) is 28.8 Å². The number of hydrogen-bond acceptors (Lipinski definition) is 4. The van der Waals surface area contributed by atoms with Crippen LogP contribution in [0.5, 0.6) is 0 Å². The fourth-order valence-electron chi connectivity index (χ4n) is 2.69. The second-order valence-corrected chi connectivity index (χ2v) is 6.36. The number of carbonyl (C=O) groups excluding carboxylic acids is 1. The summed E-state index contributed by atoms with van der Waals surface area (Å²) in [5, 5.41) is 7.01. The lowest BCUT2D eigenvalue weighted by Gasteiger charge is -2.17. The molecular weight excluding hydrogens is 350 g/mol. The van der Waals surface area contributed by atoms with Crippen LogP contribution in [0.2, 0.25) is 0 Å². The SMILES string of the molecule is Cc1nc(C2CCN(C(=O)c3cc(Br)c(=O)[nH]c3C)C2)n[nH]1. The van der Waals surface area contributed by atoms with Crippen LogP contribution in [0, 0.1) is 13.8 Å². The first-order valence-corrected chi connectivity index (χ1v) is 7.82. The standard InChI is InChI=1S/C14H16BrN5O2/c1-7-10(5-11(15)13(21)16-7)14(22)20-4-3-9(6-20)12-17-8(2)18-19-12/h5,9H,3-4,6H2,1-2H3,(H,16,21)(H,17,18,19). The molecule has 0 saturated carbocycles. The van der Waals surface area contributed by atoms with Crippen molar-refractivity contribution in [1.82, 2.24) is 25.1 Å². The summed E-state index contributed by atoms with van der Waals surface area (Å²) in [4.78, 5) is 33.0. The number of likely N-dealkylation sites (tertiary alicyclic amines) is 1. The van der Waals surface area contributed by atoms with Crippen LogP contribution >= 0.6 is 15.9 Å². The predicted molar refractivity (Wildman–Crippen MR) is 83.9 cm³/mol. The molecular formula is C14H16BrN5O2. The van der Waals surface area contributed by atoms with Gasteiger partial charge in [0.15, 0.2) is 5.82 Å². The molecule has 3 heterocycles. The zero-order chi connectivity index (χ0) is 15.9. The predicted octanol–water partition coefficient (Wildman–Crippen LogP) is 1.50. The molecule has 7 nitrogen and oxygen atoms in total. The van der Waals surface area contributed by atoms with Crippen molar-refractivity contribution in [2.24, 2.45) is 0 Å². The van der Waals surface area contributed by atoms with Gasteiger partial charge in [-0.15, -0.1) is 0 Å². The molecule has 0 bridgehead atoms. The highest BCUT2D eigenvalue weighted by Crippen LogP contribution is 2.26. The second-order valence-electron chi connectivity index (χ2n) is 5.50. The number of hydrogen-bond donors (Lipinski definition) is 2. The lowest BCUT2D eigenvalue weighted by molar-refractivity contribution is 0.0789. The van der Waals surface area contributed by atoms with Crippen LogP contribution < -0.4 is 5.56 Å². The van der Waals surface area contributed by atoms with E-state index < -0.39 is 0 Å². The first-order valence-electron chi connectivity index (χ1n) is 7.03. The number of rotatable bonds is 2. The Balaban J connectivity index is 1.80. The molecule has 3 rings (SSSR count). The number of nitrogens with one attached hydrogen (secondary N) is 2. The third-order valence-electron chi connectivity index (χ3n) is 3.88. The van der Waals surface area contributed by atoms with Gasteiger partial charge in [0.1, 0.15) is 5.82 Å². The maximum atomic E-state index is 12.6. The lowest BCUT2D eigenvalue weighted by Crippen LogP contribution is -2.30. The molecule has 1 amide bonds. The molecule has 116 valence electrons. The van der Waals surface area contributed by atoms with E-state index in [2.05, 4.69) is 36.1 Å². The van der Waals surface area contributed by atoms with Gasteiger partial charge in [0.25, 0.3) is 11.5 Å². The molecule has 2 aromatic heterocycles. The molecule has 0 radical (unpaired) electrons. The van der Waals surface area contributed by atoms with E-state index in [-0.39, 0.29) is 17.4 Å². The number of pyridine rings is 1. The topological polar surface area (TPSA) is 94.7 Å². The van der Waals surface area contributed by atoms with E-state index in [1.165, 1.54) is 0 Å². The summed E-state index contributed by atoms with van der Waals surface area (Å²) in [6.45, 7) is 4.84. The van der Waals surface area contributed by atoms with E-state index in [1.807, 2.05) is 6.92 Å². The highest BCUT2D eigenvalue weighted by molar-refractivity contribution is 9.10. The van der Waals surface area contributed by atoms with Crippen LogP contribution in [-0.2, 0) is 0 Å². The fraction of sp³-hybridized carbons (Fsp3) is 0.429. The van der Waals surface area contributed by atoms with Crippen molar-refractivity contribution in [3.05, 3.63) is 43.8 Å². The number of carbonyl (C=O) groups is 1. The van der Waals surface area contributed by atoms with Gasteiger partial charge in [-0.2, -0.15) is 5.10 Å². The second kappa shape index (κ2) is 5.68. The largest absolute Gasteiger partial charge is 0.338 e. The van der Waals surface area contributed by atoms with E-state index in [9.17, 15) is 9.59 Å². The van der Waals surface area contributed by atoms with Crippen LogP contribution in [0.25, 0.3) is 0 Å². The molecule has 0 spiro atoms. The van der Waals surface area contributed by atoms with E-state index in [0.717, 1.165) is 18.1 Å². The molecule has 0 aromatic carbocycles. The third kappa shape index (κ3) is 2.70. The maximum absolute atomic E-state index is 12.6. The quantitative estimate of drug-likeness (QED) is 0.842. The lowest BCUT2D eigenvalue weighted by atomic mass is 10.1. The zero-order valence-corrected chi connectivity index (χ0v) is 13.9. The maximum Gasteiger partial charge on any atom is 0.262 e. The number of aromatic amines is 2. The van der Waals surface area contributed by atoms with Gasteiger partial charge in [-0.05, 0) is 42.3 Å². The Morgan fingerprint density at radius 3 is 2.91 bits per heavy atom. The first-order chi connectivity index (χ1) is 10.5. The summed E-state index contributed by atoms with van der Waals surface area (Å²) in [5.41, 5.74) is 0.859. The molecule has 0 aliphatic carbocycles. The summed E-state index contributed by atoms with van der Waals surface area (Å²) in [6.07, 6.45) is 0.840. The van der Waals surface area contributed by atoms with Crippen LogP contribution in [0.3, 0.4) is 0 Å². The van der Waals surface area contributed by atoms with Crippen LogP contribution in [0.4, 0.5) is 0 Å². The van der Waals surface area contributed by atoms with Crippen molar-refractivity contribution in [1.29, 1.82) is 0 Å². The number of halogens is 1. The van der Waals surface area contributed by atoms with Crippen molar-refractivity contribution in [3.8, 4) is 0 Å². The van der Waals surface area contributed by atoms with Gasteiger partial charge in [-0.3, -0.25) is 14.7 Å². The van der Waals surface area contributed by atoms with E-state index >= 15 is 0 Å². The molecule has 1 aliphatic rings. The van der Waals surface area contributed by atoms with Gasteiger partial charge < -0.3 is 9.88 Å². The van der Waals surface area contributed by atoms with Gasteiger partial charge in [-0.1, -0.05) is 0 Å². The number of amides is 1. The minimum absolute atomic E-state index is 0.0794. The van der Waals surface area contributed by atoms with Crippen LogP contribution in [-0.4, -0.2) is 44.1 Å². The Morgan fingerprint density at radius 2 is 2.23 bits per heavy atom. The molecule has 1 fully saturated rings. The molecule has 1 saturated heterocycles. The van der Waals surface area contributed by atoms with Gasteiger partial charge in [0, 0.05) is 24.7 Å². The van der Waals surface area contributed by atoms with Gasteiger partial charge in [-0.25, -0.2) is 4.98 Å². The Hall–Kier alpha value is -1.96. The number of aryl methyl sites for hydroxylation is 2. The average Bonchev–Trinajstić information content (AvgIpc) is 3.10. The third-order valence-corrected chi connectivity index (χ3v) is 4.47. The molecule has 2 aromatic rings. The minimum Gasteiger partial charge on any atom is -0.338 e. The zero-order valence-electron chi connectivity index (χ0n) is 12.3. The van der Waals surface area contributed by atoms with Crippen molar-refractivity contribution >= 4 is 21.8 Å². The normalized spacial score (nSPS) is 18.0. The van der Waals surface area contributed by atoms with Crippen LogP contribution in [0.15, 0.2) is 15.3 Å². The molecule has 1 unspecified atom stereocenters. The van der Waals surface area contributed by atoms with Gasteiger partial charge in [0.05, 0.1) is 10.0 Å². The molecule has 2 N–H and O–H groups in total. The average molecular weight is 366 g/mol. The smallest absolute Gasteiger partial charge is 0.262 e.